The third-order valence-electron chi connectivity index (χ3n) is 5.64. The Morgan fingerprint density at radius 1 is 1.15 bits per heavy atom. The zero-order valence-corrected chi connectivity index (χ0v) is 19.6. The Labute approximate surface area is 198 Å². The second-order valence-corrected chi connectivity index (χ2v) is 8.59. The van der Waals surface area contributed by atoms with Gasteiger partial charge in [-0.3, -0.25) is 4.79 Å². The third kappa shape index (κ3) is 4.96. The van der Waals surface area contributed by atoms with Crippen molar-refractivity contribution in [1.29, 1.82) is 0 Å². The quantitative estimate of drug-likeness (QED) is 0.327. The summed E-state index contributed by atoms with van der Waals surface area (Å²) in [5, 5.41) is 2.04. The van der Waals surface area contributed by atoms with E-state index in [2.05, 4.69) is 12.6 Å². The van der Waals surface area contributed by atoms with Crippen LogP contribution in [0.3, 0.4) is 0 Å². The van der Waals surface area contributed by atoms with E-state index in [0.29, 0.717) is 24.7 Å². The van der Waals surface area contributed by atoms with E-state index in [1.165, 1.54) is 5.56 Å². The lowest BCUT2D eigenvalue weighted by Gasteiger charge is -2.37. The van der Waals surface area contributed by atoms with Gasteiger partial charge in [0.25, 0.3) is 0 Å². The molecule has 1 unspecified atom stereocenters. The Morgan fingerprint density at radius 3 is 2.58 bits per heavy atom. The van der Waals surface area contributed by atoms with Crippen molar-refractivity contribution in [3.8, 4) is 17.2 Å². The van der Waals surface area contributed by atoms with Gasteiger partial charge >= 0.3 is 0 Å². The highest BCUT2D eigenvalue weighted by Gasteiger charge is 2.33. The number of ether oxygens (including phenoxy) is 3. The Hall–Kier alpha value is -3.51. The first kappa shape index (κ1) is 22.7. The number of hydrogen-bond donors (Lipinski definition) is 0. The van der Waals surface area contributed by atoms with Crippen molar-refractivity contribution < 1.29 is 19.0 Å². The van der Waals surface area contributed by atoms with E-state index in [-0.39, 0.29) is 11.9 Å². The summed E-state index contributed by atoms with van der Waals surface area (Å²) >= 11 is 1.65. The Bertz CT molecular complexity index is 1140. The van der Waals surface area contributed by atoms with Crippen LogP contribution >= 0.6 is 11.3 Å². The average Bonchev–Trinajstić information content (AvgIpc) is 3.39. The van der Waals surface area contributed by atoms with Crippen LogP contribution in [0.2, 0.25) is 0 Å². The van der Waals surface area contributed by atoms with E-state index in [1.807, 2.05) is 58.8 Å². The number of fused-ring (bicyclic) bond motifs is 1. The number of benzene rings is 2. The van der Waals surface area contributed by atoms with Crippen LogP contribution in [-0.4, -0.2) is 38.2 Å². The molecule has 0 radical (unpaired) electrons. The second-order valence-electron chi connectivity index (χ2n) is 7.61. The average molecular weight is 462 g/mol. The molecular weight excluding hydrogens is 434 g/mol. The topological polar surface area (TPSA) is 48.0 Å². The van der Waals surface area contributed by atoms with Gasteiger partial charge < -0.3 is 19.1 Å². The molecule has 0 fully saturated rings. The summed E-state index contributed by atoms with van der Waals surface area (Å²) in [4.78, 5) is 16.4. The smallest absolute Gasteiger partial charge is 0.247 e. The van der Waals surface area contributed by atoms with Gasteiger partial charge in [0.1, 0.15) is 12.4 Å². The highest BCUT2D eigenvalue weighted by Crippen LogP contribution is 2.42. The predicted molar refractivity (Wildman–Crippen MR) is 132 cm³/mol. The molecule has 0 bridgehead atoms. The summed E-state index contributed by atoms with van der Waals surface area (Å²) in [6.07, 6.45) is 5.95. The van der Waals surface area contributed by atoms with Gasteiger partial charge in [0.15, 0.2) is 11.5 Å². The van der Waals surface area contributed by atoms with E-state index >= 15 is 0 Å². The molecule has 4 rings (SSSR count). The van der Waals surface area contributed by atoms with Gasteiger partial charge in [0.05, 0.1) is 20.3 Å². The molecule has 33 heavy (non-hydrogen) atoms. The lowest BCUT2D eigenvalue weighted by molar-refractivity contribution is -0.127. The summed E-state index contributed by atoms with van der Waals surface area (Å²) in [5.74, 6) is 2.12. The summed E-state index contributed by atoms with van der Waals surface area (Å²) < 4.78 is 16.6. The van der Waals surface area contributed by atoms with Crippen molar-refractivity contribution in [3.05, 3.63) is 94.2 Å². The van der Waals surface area contributed by atoms with Crippen LogP contribution < -0.4 is 14.2 Å². The maximum absolute atomic E-state index is 13.3. The van der Waals surface area contributed by atoms with Crippen LogP contribution in [0.15, 0.2) is 72.6 Å². The fraction of sp³-hybridized carbons (Fsp3) is 0.222. The Balaban J connectivity index is 1.61. The minimum absolute atomic E-state index is 0.0270. The molecule has 5 nitrogen and oxygen atoms in total. The first-order chi connectivity index (χ1) is 16.1. The molecule has 0 N–H and O–H groups in total. The van der Waals surface area contributed by atoms with Crippen LogP contribution in [0.25, 0.3) is 6.08 Å². The van der Waals surface area contributed by atoms with Crippen LogP contribution in [0.4, 0.5) is 0 Å². The molecule has 2 heterocycles. The molecule has 2 aromatic carbocycles. The largest absolute Gasteiger partial charge is 0.493 e. The number of hydrogen-bond acceptors (Lipinski definition) is 5. The van der Waals surface area contributed by atoms with Crippen LogP contribution in [0, 0.1) is 0 Å². The molecule has 170 valence electrons. The van der Waals surface area contributed by atoms with Crippen molar-refractivity contribution in [2.24, 2.45) is 0 Å². The van der Waals surface area contributed by atoms with E-state index in [1.54, 1.807) is 37.7 Å². The normalized spacial score (nSPS) is 15.2. The van der Waals surface area contributed by atoms with E-state index < -0.39 is 0 Å². The van der Waals surface area contributed by atoms with Crippen molar-refractivity contribution in [2.45, 2.75) is 12.5 Å². The van der Waals surface area contributed by atoms with Gasteiger partial charge in [-0.1, -0.05) is 30.9 Å². The fourth-order valence-corrected chi connectivity index (χ4v) is 4.88. The molecular formula is C27H27NO4S. The van der Waals surface area contributed by atoms with Crippen LogP contribution in [0.5, 0.6) is 17.2 Å². The fourth-order valence-electron chi connectivity index (χ4n) is 4.03. The summed E-state index contributed by atoms with van der Waals surface area (Å²) in [7, 11) is 3.27. The highest BCUT2D eigenvalue weighted by atomic mass is 32.1. The molecule has 1 aromatic heterocycles. The van der Waals surface area contributed by atoms with Crippen LogP contribution in [0.1, 0.15) is 27.6 Å². The van der Waals surface area contributed by atoms with Crippen molar-refractivity contribution in [1.82, 2.24) is 4.90 Å². The van der Waals surface area contributed by atoms with Gasteiger partial charge in [-0.25, -0.2) is 0 Å². The minimum atomic E-state index is -0.166. The van der Waals surface area contributed by atoms with E-state index in [0.717, 1.165) is 28.2 Å². The Morgan fingerprint density at radius 2 is 1.91 bits per heavy atom. The number of rotatable bonds is 8. The molecule has 1 atom stereocenters. The molecule has 6 heteroatoms. The molecule has 1 aliphatic heterocycles. The summed E-state index contributed by atoms with van der Waals surface area (Å²) in [6.45, 7) is 4.74. The maximum Gasteiger partial charge on any atom is 0.247 e. The van der Waals surface area contributed by atoms with Gasteiger partial charge in [-0.15, -0.1) is 11.3 Å². The molecule has 0 saturated carbocycles. The van der Waals surface area contributed by atoms with Gasteiger partial charge in [-0.2, -0.15) is 0 Å². The molecule has 0 spiro atoms. The molecule has 1 aliphatic rings. The standard InChI is InChI=1S/C27H27NO4S/c1-4-15-32-21-10-7-19(8-11-21)9-12-26(29)28-14-13-20-17-23(30-2)24(31-3)18-22(20)27(28)25-6-5-16-33-25/h4-12,16-18,27H,1,13-15H2,2-3H3/b12-9+. The van der Waals surface area contributed by atoms with Crippen molar-refractivity contribution >= 4 is 23.3 Å². The van der Waals surface area contributed by atoms with Gasteiger partial charge in [-0.05, 0) is 64.9 Å². The number of nitrogens with zero attached hydrogens (tertiary/aromatic N) is 1. The minimum Gasteiger partial charge on any atom is -0.493 e. The highest BCUT2D eigenvalue weighted by molar-refractivity contribution is 7.10. The first-order valence-corrected chi connectivity index (χ1v) is 11.6. The maximum atomic E-state index is 13.3. The summed E-state index contributed by atoms with van der Waals surface area (Å²) in [6, 6.07) is 15.6. The van der Waals surface area contributed by atoms with Crippen molar-refractivity contribution in [3.63, 3.8) is 0 Å². The number of carbonyl (C=O) groups is 1. The van der Waals surface area contributed by atoms with Crippen LogP contribution in [-0.2, 0) is 11.2 Å². The zero-order chi connectivity index (χ0) is 23.2. The van der Waals surface area contributed by atoms with Gasteiger partial charge in [0.2, 0.25) is 5.91 Å². The Kier molecular flexibility index (Phi) is 7.15. The summed E-state index contributed by atoms with van der Waals surface area (Å²) in [5.41, 5.74) is 3.19. The lowest BCUT2D eigenvalue weighted by Crippen LogP contribution is -2.39. The van der Waals surface area contributed by atoms with Crippen molar-refractivity contribution in [2.75, 3.05) is 27.4 Å². The number of thiophene rings is 1. The number of amides is 1. The third-order valence-corrected chi connectivity index (χ3v) is 6.56. The molecule has 0 aliphatic carbocycles. The molecule has 3 aromatic rings. The van der Waals surface area contributed by atoms with E-state index in [4.69, 9.17) is 14.2 Å². The second kappa shape index (κ2) is 10.4. The SMILES string of the molecule is C=CCOc1ccc(/C=C/C(=O)N2CCc3cc(OC)c(OC)cc3C2c2cccs2)cc1. The van der Waals surface area contributed by atoms with E-state index in [9.17, 15) is 4.79 Å². The monoisotopic (exact) mass is 461 g/mol. The number of methoxy groups -OCH3 is 2. The molecule has 0 saturated heterocycles. The number of carbonyl (C=O) groups excluding carboxylic acids is 1. The predicted octanol–water partition coefficient (Wildman–Crippen LogP) is 5.52. The van der Waals surface area contributed by atoms with Gasteiger partial charge in [0, 0.05) is 17.5 Å². The first-order valence-electron chi connectivity index (χ1n) is 10.7. The molecule has 1 amide bonds. The lowest BCUT2D eigenvalue weighted by atomic mass is 9.90. The zero-order valence-electron chi connectivity index (χ0n) is 18.8.